The lowest BCUT2D eigenvalue weighted by Gasteiger charge is -2.09. The van der Waals surface area contributed by atoms with E-state index in [-0.39, 0.29) is 12.5 Å². The second-order valence-corrected chi connectivity index (χ2v) is 8.14. The fourth-order valence-electron chi connectivity index (χ4n) is 3.36. The van der Waals surface area contributed by atoms with Crippen molar-refractivity contribution >= 4 is 34.6 Å². The van der Waals surface area contributed by atoms with Gasteiger partial charge in [0.25, 0.3) is 0 Å². The number of aromatic nitrogens is 3. The summed E-state index contributed by atoms with van der Waals surface area (Å²) < 4.78 is 2.07. The third-order valence-corrected chi connectivity index (χ3v) is 6.21. The first kappa shape index (κ1) is 18.8. The van der Waals surface area contributed by atoms with Crippen LogP contribution in [-0.2, 0) is 17.6 Å². The Morgan fingerprint density at radius 1 is 1.29 bits per heavy atom. The Balaban J connectivity index is 1.94. The number of carbonyl (C=O) groups is 1. The van der Waals surface area contributed by atoms with Crippen LogP contribution in [-0.4, -0.2) is 31.6 Å². The van der Waals surface area contributed by atoms with Crippen molar-refractivity contribution in [2.24, 2.45) is 4.99 Å². The SMILES string of the molecule is CCc1nnc2n1-c1sc(CCC(=O)O)cc1C(c1ccccc1Cl)=NC2C. The summed E-state index contributed by atoms with van der Waals surface area (Å²) in [5, 5.41) is 19.4. The Labute approximate surface area is 171 Å². The average molecular weight is 415 g/mol. The molecule has 2 aromatic heterocycles. The number of hydrogen-bond acceptors (Lipinski definition) is 5. The first-order chi connectivity index (χ1) is 13.5. The van der Waals surface area contributed by atoms with Gasteiger partial charge in [0.05, 0.1) is 12.1 Å². The number of benzene rings is 1. The van der Waals surface area contributed by atoms with Crippen LogP contribution in [0.15, 0.2) is 35.3 Å². The lowest BCUT2D eigenvalue weighted by atomic mass is 10.0. The number of hydrogen-bond donors (Lipinski definition) is 1. The molecule has 1 N–H and O–H groups in total. The van der Waals surface area contributed by atoms with E-state index in [4.69, 9.17) is 21.7 Å². The minimum Gasteiger partial charge on any atom is -0.481 e. The number of aliphatic imine (C=N–C) groups is 1. The van der Waals surface area contributed by atoms with Gasteiger partial charge in [0.15, 0.2) is 5.82 Å². The lowest BCUT2D eigenvalue weighted by molar-refractivity contribution is -0.136. The van der Waals surface area contributed by atoms with E-state index in [0.29, 0.717) is 11.4 Å². The molecule has 0 amide bonds. The molecule has 4 rings (SSSR count). The number of thiophene rings is 1. The second kappa shape index (κ2) is 7.48. The van der Waals surface area contributed by atoms with E-state index in [1.807, 2.05) is 44.2 Å². The highest BCUT2D eigenvalue weighted by molar-refractivity contribution is 7.15. The molecule has 6 nitrogen and oxygen atoms in total. The van der Waals surface area contributed by atoms with Crippen molar-refractivity contribution < 1.29 is 9.90 Å². The molecule has 1 atom stereocenters. The normalized spacial score (nSPS) is 15.5. The summed E-state index contributed by atoms with van der Waals surface area (Å²) in [6, 6.07) is 9.49. The predicted octanol–water partition coefficient (Wildman–Crippen LogP) is 4.47. The van der Waals surface area contributed by atoms with E-state index in [0.717, 1.165) is 44.8 Å². The van der Waals surface area contributed by atoms with Crippen LogP contribution in [0.25, 0.3) is 5.00 Å². The van der Waals surface area contributed by atoms with E-state index in [9.17, 15) is 4.79 Å². The van der Waals surface area contributed by atoms with E-state index in [1.165, 1.54) is 0 Å². The van der Waals surface area contributed by atoms with Gasteiger partial charge in [-0.1, -0.05) is 36.7 Å². The van der Waals surface area contributed by atoms with Crippen LogP contribution >= 0.6 is 22.9 Å². The summed E-state index contributed by atoms with van der Waals surface area (Å²) in [5.74, 6) is 0.841. The Hall–Kier alpha value is -2.51. The minimum atomic E-state index is -0.809. The fraction of sp³-hybridized carbons (Fsp3) is 0.300. The molecule has 0 saturated carbocycles. The number of fused-ring (bicyclic) bond motifs is 3. The molecule has 1 aliphatic rings. The number of halogens is 1. The fourth-order valence-corrected chi connectivity index (χ4v) is 4.77. The molecule has 0 saturated heterocycles. The Kier molecular flexibility index (Phi) is 5.03. The Morgan fingerprint density at radius 2 is 2.07 bits per heavy atom. The third kappa shape index (κ3) is 3.25. The Morgan fingerprint density at radius 3 is 2.79 bits per heavy atom. The molecule has 0 spiro atoms. The molecular formula is C20H19ClN4O2S. The molecule has 28 heavy (non-hydrogen) atoms. The monoisotopic (exact) mass is 414 g/mol. The summed E-state index contributed by atoms with van der Waals surface area (Å²) in [7, 11) is 0. The number of rotatable bonds is 5. The maximum atomic E-state index is 11.0. The summed E-state index contributed by atoms with van der Waals surface area (Å²) in [6.45, 7) is 4.04. The second-order valence-electron chi connectivity index (χ2n) is 6.62. The number of carboxylic acids is 1. The molecule has 0 aliphatic carbocycles. The highest BCUT2D eigenvalue weighted by Crippen LogP contribution is 2.37. The van der Waals surface area contributed by atoms with E-state index < -0.39 is 5.97 Å². The van der Waals surface area contributed by atoms with Crippen LogP contribution < -0.4 is 0 Å². The topological polar surface area (TPSA) is 80.4 Å². The Bertz CT molecular complexity index is 1090. The summed E-state index contributed by atoms with van der Waals surface area (Å²) in [5.41, 5.74) is 2.61. The van der Waals surface area contributed by atoms with Crippen molar-refractivity contribution in [3.63, 3.8) is 0 Å². The van der Waals surface area contributed by atoms with Gasteiger partial charge in [-0.15, -0.1) is 21.5 Å². The molecule has 0 radical (unpaired) electrons. The largest absolute Gasteiger partial charge is 0.481 e. The number of carboxylic acid groups (broad SMARTS) is 1. The summed E-state index contributed by atoms with van der Waals surface area (Å²) in [4.78, 5) is 17.0. The maximum absolute atomic E-state index is 11.0. The van der Waals surface area contributed by atoms with Gasteiger partial charge in [-0.05, 0) is 25.5 Å². The smallest absolute Gasteiger partial charge is 0.303 e. The summed E-state index contributed by atoms with van der Waals surface area (Å²) in [6.07, 6.45) is 1.30. The standard InChI is InChI=1S/C20H19ClN4O2S/c1-3-16-23-24-19-11(2)22-18(13-6-4-5-7-15(13)21)14-10-12(8-9-17(26)27)28-20(14)25(16)19/h4-7,10-11H,3,8-9H2,1-2H3,(H,26,27). The van der Waals surface area contributed by atoms with Crippen LogP contribution in [0.2, 0.25) is 5.02 Å². The van der Waals surface area contributed by atoms with Gasteiger partial charge in [0, 0.05) is 27.4 Å². The van der Waals surface area contributed by atoms with E-state index >= 15 is 0 Å². The van der Waals surface area contributed by atoms with Gasteiger partial charge < -0.3 is 5.11 Å². The van der Waals surface area contributed by atoms with E-state index in [1.54, 1.807) is 11.3 Å². The van der Waals surface area contributed by atoms with Crippen LogP contribution in [0, 0.1) is 0 Å². The zero-order valence-corrected chi connectivity index (χ0v) is 17.1. The maximum Gasteiger partial charge on any atom is 0.303 e. The molecule has 3 heterocycles. The molecule has 1 unspecified atom stereocenters. The van der Waals surface area contributed by atoms with E-state index in [2.05, 4.69) is 14.8 Å². The molecule has 144 valence electrons. The third-order valence-electron chi connectivity index (χ3n) is 4.70. The zero-order valence-electron chi connectivity index (χ0n) is 15.5. The van der Waals surface area contributed by atoms with Crippen LogP contribution in [0.4, 0.5) is 0 Å². The van der Waals surface area contributed by atoms with Crippen molar-refractivity contribution in [1.82, 2.24) is 14.8 Å². The van der Waals surface area contributed by atoms with Crippen molar-refractivity contribution in [2.75, 3.05) is 0 Å². The number of aryl methyl sites for hydroxylation is 2. The highest BCUT2D eigenvalue weighted by Gasteiger charge is 2.29. The van der Waals surface area contributed by atoms with Crippen molar-refractivity contribution in [3.8, 4) is 5.00 Å². The number of nitrogens with zero attached hydrogens (tertiary/aromatic N) is 4. The molecule has 0 bridgehead atoms. The molecule has 3 aromatic rings. The molecular weight excluding hydrogens is 396 g/mol. The van der Waals surface area contributed by atoms with Crippen LogP contribution in [0.1, 0.15) is 54.0 Å². The summed E-state index contributed by atoms with van der Waals surface area (Å²) >= 11 is 8.06. The van der Waals surface area contributed by atoms with Gasteiger partial charge in [0.2, 0.25) is 0 Å². The highest BCUT2D eigenvalue weighted by atomic mass is 35.5. The first-order valence-electron chi connectivity index (χ1n) is 9.11. The lowest BCUT2D eigenvalue weighted by Crippen LogP contribution is -2.06. The average Bonchev–Trinajstić information content (AvgIpc) is 3.26. The van der Waals surface area contributed by atoms with Crippen LogP contribution in [0.3, 0.4) is 0 Å². The van der Waals surface area contributed by atoms with Crippen molar-refractivity contribution in [3.05, 3.63) is 63.0 Å². The van der Waals surface area contributed by atoms with Crippen molar-refractivity contribution in [1.29, 1.82) is 0 Å². The van der Waals surface area contributed by atoms with Crippen LogP contribution in [0.5, 0.6) is 0 Å². The number of aliphatic carboxylic acids is 1. The van der Waals surface area contributed by atoms with Gasteiger partial charge in [-0.3, -0.25) is 14.4 Å². The van der Waals surface area contributed by atoms with Gasteiger partial charge in [-0.2, -0.15) is 0 Å². The quantitative estimate of drug-likeness (QED) is 0.667. The molecule has 0 fully saturated rings. The molecule has 1 aromatic carbocycles. The minimum absolute atomic E-state index is 0.0873. The van der Waals surface area contributed by atoms with Gasteiger partial charge >= 0.3 is 5.97 Å². The first-order valence-corrected chi connectivity index (χ1v) is 10.3. The van der Waals surface area contributed by atoms with Gasteiger partial charge in [-0.25, -0.2) is 0 Å². The van der Waals surface area contributed by atoms with Gasteiger partial charge in [0.1, 0.15) is 16.9 Å². The zero-order chi connectivity index (χ0) is 19.8. The predicted molar refractivity (Wildman–Crippen MR) is 110 cm³/mol. The van der Waals surface area contributed by atoms with Crippen molar-refractivity contribution in [2.45, 2.75) is 39.2 Å². The molecule has 8 heteroatoms. The molecule has 1 aliphatic heterocycles.